The second kappa shape index (κ2) is 6.89. The Bertz CT molecular complexity index is 306. The van der Waals surface area contributed by atoms with Gasteiger partial charge in [0.25, 0.3) is 0 Å². The highest BCUT2D eigenvalue weighted by molar-refractivity contribution is 5.79. The minimum atomic E-state index is 0.127. The summed E-state index contributed by atoms with van der Waals surface area (Å²) in [6, 6.07) is 0. The standard InChI is InChI=1S/C14H25N3O2/c15-6-1-12-2-9-17(10-3-12)14(19)13-4-7-16(11-18)8-5-13/h11-13H,1-10,15H2. The van der Waals surface area contributed by atoms with Crippen molar-refractivity contribution in [2.45, 2.75) is 32.1 Å². The van der Waals surface area contributed by atoms with Gasteiger partial charge in [0.15, 0.2) is 0 Å². The number of rotatable bonds is 4. The van der Waals surface area contributed by atoms with Crippen LogP contribution in [-0.4, -0.2) is 54.8 Å². The first-order chi connectivity index (χ1) is 9.24. The summed E-state index contributed by atoms with van der Waals surface area (Å²) in [5, 5.41) is 0. The van der Waals surface area contributed by atoms with Gasteiger partial charge in [0, 0.05) is 32.1 Å². The lowest BCUT2D eigenvalue weighted by Crippen LogP contribution is -2.45. The molecule has 2 aliphatic heterocycles. The van der Waals surface area contributed by atoms with Crippen molar-refractivity contribution >= 4 is 12.3 Å². The Balaban J connectivity index is 1.77. The van der Waals surface area contributed by atoms with Gasteiger partial charge >= 0.3 is 0 Å². The maximum Gasteiger partial charge on any atom is 0.225 e. The molecule has 2 N–H and O–H groups in total. The molecule has 0 bridgehead atoms. The minimum Gasteiger partial charge on any atom is -0.345 e. The summed E-state index contributed by atoms with van der Waals surface area (Å²) in [5.74, 6) is 1.13. The average Bonchev–Trinajstić information content (AvgIpc) is 2.48. The van der Waals surface area contributed by atoms with Crippen LogP contribution in [-0.2, 0) is 9.59 Å². The van der Waals surface area contributed by atoms with Crippen molar-refractivity contribution in [3.05, 3.63) is 0 Å². The van der Waals surface area contributed by atoms with Crippen LogP contribution in [0.15, 0.2) is 0 Å². The number of hydrogen-bond acceptors (Lipinski definition) is 3. The van der Waals surface area contributed by atoms with Crippen LogP contribution in [0.3, 0.4) is 0 Å². The molecule has 0 saturated carbocycles. The van der Waals surface area contributed by atoms with E-state index in [1.54, 1.807) is 4.90 Å². The van der Waals surface area contributed by atoms with E-state index in [-0.39, 0.29) is 5.92 Å². The van der Waals surface area contributed by atoms with Gasteiger partial charge in [0.1, 0.15) is 0 Å². The molecular formula is C14H25N3O2. The van der Waals surface area contributed by atoms with E-state index in [0.29, 0.717) is 11.8 Å². The normalized spacial score (nSPS) is 22.6. The fraction of sp³-hybridized carbons (Fsp3) is 0.857. The summed E-state index contributed by atoms with van der Waals surface area (Å²) in [7, 11) is 0. The number of nitrogens with two attached hydrogens (primary N) is 1. The molecule has 2 aliphatic rings. The zero-order valence-corrected chi connectivity index (χ0v) is 11.6. The fourth-order valence-electron chi connectivity index (χ4n) is 3.19. The Morgan fingerprint density at radius 3 is 2.26 bits per heavy atom. The first-order valence-corrected chi connectivity index (χ1v) is 7.42. The number of hydrogen-bond donors (Lipinski definition) is 1. The number of amides is 2. The molecule has 2 heterocycles. The Kier molecular flexibility index (Phi) is 5.19. The van der Waals surface area contributed by atoms with Gasteiger partial charge in [0.05, 0.1) is 0 Å². The largest absolute Gasteiger partial charge is 0.345 e. The molecule has 19 heavy (non-hydrogen) atoms. The van der Waals surface area contributed by atoms with Gasteiger partial charge in [-0.1, -0.05) is 0 Å². The van der Waals surface area contributed by atoms with E-state index in [0.717, 1.165) is 71.2 Å². The number of nitrogens with zero attached hydrogens (tertiary/aromatic N) is 2. The summed E-state index contributed by atoms with van der Waals surface area (Å²) in [6.07, 6.45) is 5.80. The van der Waals surface area contributed by atoms with Crippen molar-refractivity contribution in [1.82, 2.24) is 9.80 Å². The summed E-state index contributed by atoms with van der Waals surface area (Å²) in [6.45, 7) is 3.98. The molecule has 0 aliphatic carbocycles. The lowest BCUT2D eigenvalue weighted by atomic mass is 9.91. The third-order valence-electron chi connectivity index (χ3n) is 4.53. The van der Waals surface area contributed by atoms with Crippen molar-refractivity contribution in [1.29, 1.82) is 0 Å². The highest BCUT2D eigenvalue weighted by Crippen LogP contribution is 2.24. The van der Waals surface area contributed by atoms with Crippen LogP contribution in [0, 0.1) is 11.8 Å². The van der Waals surface area contributed by atoms with Gasteiger partial charge in [-0.15, -0.1) is 0 Å². The smallest absolute Gasteiger partial charge is 0.225 e. The van der Waals surface area contributed by atoms with Crippen molar-refractivity contribution < 1.29 is 9.59 Å². The predicted molar refractivity (Wildman–Crippen MR) is 73.3 cm³/mol. The SMILES string of the molecule is NCCC1CCN(C(=O)C2CCN(C=O)CC2)CC1. The maximum atomic E-state index is 12.4. The molecular weight excluding hydrogens is 242 g/mol. The van der Waals surface area contributed by atoms with Crippen molar-refractivity contribution in [3.8, 4) is 0 Å². The lowest BCUT2D eigenvalue weighted by Gasteiger charge is -2.36. The number of carbonyl (C=O) groups excluding carboxylic acids is 2. The Labute approximate surface area is 115 Å². The summed E-state index contributed by atoms with van der Waals surface area (Å²) in [5.41, 5.74) is 5.58. The van der Waals surface area contributed by atoms with Crippen LogP contribution in [0.2, 0.25) is 0 Å². The summed E-state index contributed by atoms with van der Waals surface area (Å²) < 4.78 is 0. The second-order valence-corrected chi connectivity index (χ2v) is 5.76. The first-order valence-electron chi connectivity index (χ1n) is 7.42. The Morgan fingerprint density at radius 1 is 1.11 bits per heavy atom. The van der Waals surface area contributed by atoms with Gasteiger partial charge in [-0.05, 0) is 44.6 Å². The van der Waals surface area contributed by atoms with E-state index in [1.807, 2.05) is 4.90 Å². The molecule has 0 atom stereocenters. The van der Waals surface area contributed by atoms with Crippen LogP contribution in [0.25, 0.3) is 0 Å². The molecule has 0 aromatic heterocycles. The van der Waals surface area contributed by atoms with Gasteiger partial charge < -0.3 is 15.5 Å². The highest BCUT2D eigenvalue weighted by Gasteiger charge is 2.30. The van der Waals surface area contributed by atoms with Crippen molar-refractivity contribution in [2.24, 2.45) is 17.6 Å². The average molecular weight is 267 g/mol. The third kappa shape index (κ3) is 3.69. The predicted octanol–water partition coefficient (Wildman–Crippen LogP) is 0.442. The summed E-state index contributed by atoms with van der Waals surface area (Å²) in [4.78, 5) is 26.8. The molecule has 0 unspecified atom stereocenters. The van der Waals surface area contributed by atoms with Gasteiger partial charge in [0.2, 0.25) is 12.3 Å². The molecule has 2 fully saturated rings. The quantitative estimate of drug-likeness (QED) is 0.752. The van der Waals surface area contributed by atoms with Crippen LogP contribution >= 0.6 is 0 Å². The lowest BCUT2D eigenvalue weighted by molar-refractivity contribution is -0.139. The maximum absolute atomic E-state index is 12.4. The Morgan fingerprint density at radius 2 is 1.74 bits per heavy atom. The zero-order chi connectivity index (χ0) is 13.7. The molecule has 2 rings (SSSR count). The van der Waals surface area contributed by atoms with Crippen LogP contribution < -0.4 is 5.73 Å². The molecule has 5 nitrogen and oxygen atoms in total. The monoisotopic (exact) mass is 267 g/mol. The van der Waals surface area contributed by atoms with Crippen LogP contribution in [0.5, 0.6) is 0 Å². The van der Waals surface area contributed by atoms with Crippen molar-refractivity contribution in [3.63, 3.8) is 0 Å². The van der Waals surface area contributed by atoms with E-state index < -0.39 is 0 Å². The molecule has 0 aromatic rings. The molecule has 0 aromatic carbocycles. The fourth-order valence-corrected chi connectivity index (χ4v) is 3.19. The topological polar surface area (TPSA) is 66.6 Å². The molecule has 2 amide bonds. The molecule has 5 heteroatoms. The number of likely N-dealkylation sites (tertiary alicyclic amines) is 2. The highest BCUT2D eigenvalue weighted by atomic mass is 16.2. The molecule has 0 radical (unpaired) electrons. The van der Waals surface area contributed by atoms with E-state index in [2.05, 4.69) is 0 Å². The van der Waals surface area contributed by atoms with Gasteiger partial charge in [-0.3, -0.25) is 9.59 Å². The van der Waals surface area contributed by atoms with Gasteiger partial charge in [-0.2, -0.15) is 0 Å². The second-order valence-electron chi connectivity index (χ2n) is 5.76. The number of carbonyl (C=O) groups is 2. The summed E-state index contributed by atoms with van der Waals surface area (Å²) >= 11 is 0. The van der Waals surface area contributed by atoms with Gasteiger partial charge in [-0.25, -0.2) is 0 Å². The first kappa shape index (κ1) is 14.3. The van der Waals surface area contributed by atoms with Crippen LogP contribution in [0.4, 0.5) is 0 Å². The van der Waals surface area contributed by atoms with Crippen LogP contribution in [0.1, 0.15) is 32.1 Å². The minimum absolute atomic E-state index is 0.127. The zero-order valence-electron chi connectivity index (χ0n) is 11.6. The molecule has 2 saturated heterocycles. The van der Waals surface area contributed by atoms with E-state index >= 15 is 0 Å². The van der Waals surface area contributed by atoms with E-state index in [9.17, 15) is 9.59 Å². The Hall–Kier alpha value is -1.10. The number of piperidine rings is 2. The molecule has 0 spiro atoms. The van der Waals surface area contributed by atoms with Crippen molar-refractivity contribution in [2.75, 3.05) is 32.7 Å². The van der Waals surface area contributed by atoms with E-state index in [1.165, 1.54) is 0 Å². The third-order valence-corrected chi connectivity index (χ3v) is 4.53. The molecule has 108 valence electrons. The van der Waals surface area contributed by atoms with E-state index in [4.69, 9.17) is 5.73 Å².